The molecule has 2 N–H and O–H groups in total. The van der Waals surface area contributed by atoms with Gasteiger partial charge in [0.25, 0.3) is 5.91 Å². The number of nitrogens with zero attached hydrogens (tertiary/aromatic N) is 2. The molecular formula is C24H23N3O2. The van der Waals surface area contributed by atoms with E-state index in [0.29, 0.717) is 11.1 Å². The van der Waals surface area contributed by atoms with E-state index in [4.69, 9.17) is 0 Å². The van der Waals surface area contributed by atoms with E-state index in [9.17, 15) is 9.90 Å². The van der Waals surface area contributed by atoms with Crippen molar-refractivity contribution in [2.24, 2.45) is 5.10 Å². The van der Waals surface area contributed by atoms with E-state index in [-0.39, 0.29) is 11.7 Å². The number of hydrogen-bond acceptors (Lipinski definition) is 4. The van der Waals surface area contributed by atoms with Gasteiger partial charge in [-0.3, -0.25) is 9.69 Å². The molecule has 0 aliphatic carbocycles. The minimum Gasteiger partial charge on any atom is -0.507 e. The quantitative estimate of drug-likeness (QED) is 0.520. The molecule has 0 saturated carbocycles. The van der Waals surface area contributed by atoms with Crippen LogP contribution in [0.25, 0.3) is 0 Å². The number of carbonyl (C=O) groups is 1. The van der Waals surface area contributed by atoms with Gasteiger partial charge in [-0.15, -0.1) is 0 Å². The Hall–Kier alpha value is -3.44. The maximum Gasteiger partial charge on any atom is 0.271 e. The molecular weight excluding hydrogens is 362 g/mol. The first-order valence-corrected chi connectivity index (χ1v) is 9.68. The Bertz CT molecular complexity index is 1030. The molecule has 1 heterocycles. The molecule has 1 aliphatic rings. The van der Waals surface area contributed by atoms with Crippen LogP contribution in [0.5, 0.6) is 5.75 Å². The number of amides is 1. The second-order valence-electron chi connectivity index (χ2n) is 7.18. The summed E-state index contributed by atoms with van der Waals surface area (Å²) < 4.78 is 0. The molecule has 0 fully saturated rings. The summed E-state index contributed by atoms with van der Waals surface area (Å²) in [6, 6.07) is 23.0. The van der Waals surface area contributed by atoms with E-state index >= 15 is 0 Å². The van der Waals surface area contributed by atoms with E-state index in [0.717, 1.165) is 26.1 Å². The lowest BCUT2D eigenvalue weighted by atomic mass is 9.99. The summed E-state index contributed by atoms with van der Waals surface area (Å²) in [5.74, 6) is -0.162. The first kappa shape index (κ1) is 18.9. The largest absolute Gasteiger partial charge is 0.507 e. The minimum atomic E-state index is -0.282. The van der Waals surface area contributed by atoms with Crippen molar-refractivity contribution in [3.05, 3.63) is 101 Å². The number of phenolic OH excluding ortho intramolecular Hbond substituents is 1. The van der Waals surface area contributed by atoms with E-state index in [1.807, 2.05) is 24.3 Å². The van der Waals surface area contributed by atoms with Crippen molar-refractivity contribution in [2.75, 3.05) is 6.54 Å². The number of carbonyl (C=O) groups excluding carboxylic acids is 1. The van der Waals surface area contributed by atoms with Crippen LogP contribution in [0.4, 0.5) is 0 Å². The number of nitrogens with one attached hydrogen (secondary N) is 1. The van der Waals surface area contributed by atoms with Gasteiger partial charge in [0, 0.05) is 30.8 Å². The maximum absolute atomic E-state index is 12.3. The molecule has 0 aromatic heterocycles. The first-order valence-electron chi connectivity index (χ1n) is 9.68. The van der Waals surface area contributed by atoms with Crippen molar-refractivity contribution in [2.45, 2.75) is 19.5 Å². The molecule has 29 heavy (non-hydrogen) atoms. The Morgan fingerprint density at radius 3 is 2.52 bits per heavy atom. The third-order valence-electron chi connectivity index (χ3n) is 5.14. The van der Waals surface area contributed by atoms with Gasteiger partial charge in [-0.2, -0.15) is 5.10 Å². The molecule has 0 saturated heterocycles. The number of phenols is 1. The molecule has 5 nitrogen and oxygen atoms in total. The number of fused-ring (bicyclic) bond motifs is 1. The van der Waals surface area contributed by atoms with Crippen LogP contribution in [0, 0.1) is 0 Å². The standard InChI is InChI=1S/C24H23N3O2/c28-23-8-4-3-6-21(23)15-25-26-24(29)20-11-9-18(10-12-20)16-27-14-13-19-5-1-2-7-22(19)17-27/h1-12,15,28H,13-14,16-17H2,(H,26,29)/b25-15+. The van der Waals surface area contributed by atoms with Gasteiger partial charge in [-0.05, 0) is 47.4 Å². The van der Waals surface area contributed by atoms with E-state index in [1.54, 1.807) is 24.3 Å². The van der Waals surface area contributed by atoms with E-state index < -0.39 is 0 Å². The van der Waals surface area contributed by atoms with Gasteiger partial charge < -0.3 is 5.11 Å². The van der Waals surface area contributed by atoms with Gasteiger partial charge in [-0.1, -0.05) is 48.5 Å². The van der Waals surface area contributed by atoms with Crippen LogP contribution >= 0.6 is 0 Å². The molecule has 4 rings (SSSR count). The summed E-state index contributed by atoms with van der Waals surface area (Å²) in [7, 11) is 0. The molecule has 3 aromatic rings. The fourth-order valence-electron chi connectivity index (χ4n) is 3.53. The minimum absolute atomic E-state index is 0.121. The molecule has 5 heteroatoms. The highest BCUT2D eigenvalue weighted by molar-refractivity contribution is 5.95. The van der Waals surface area contributed by atoms with Crippen LogP contribution in [0.2, 0.25) is 0 Å². The molecule has 0 spiro atoms. The Morgan fingerprint density at radius 1 is 1.00 bits per heavy atom. The van der Waals surface area contributed by atoms with Gasteiger partial charge in [0.05, 0.1) is 6.21 Å². The average molecular weight is 385 g/mol. The topological polar surface area (TPSA) is 64.9 Å². The number of rotatable bonds is 5. The molecule has 0 atom stereocenters. The zero-order valence-electron chi connectivity index (χ0n) is 16.1. The normalized spacial score (nSPS) is 13.9. The van der Waals surface area contributed by atoms with Gasteiger partial charge in [0.1, 0.15) is 5.75 Å². The van der Waals surface area contributed by atoms with Gasteiger partial charge in [0.15, 0.2) is 0 Å². The Morgan fingerprint density at radius 2 is 1.72 bits per heavy atom. The van der Waals surface area contributed by atoms with Gasteiger partial charge >= 0.3 is 0 Å². The Labute approximate surface area is 170 Å². The third-order valence-corrected chi connectivity index (χ3v) is 5.14. The van der Waals surface area contributed by atoms with Crippen molar-refractivity contribution in [3.63, 3.8) is 0 Å². The summed E-state index contributed by atoms with van der Waals surface area (Å²) in [4.78, 5) is 14.7. The van der Waals surface area contributed by atoms with Crippen molar-refractivity contribution in [1.29, 1.82) is 0 Å². The molecule has 1 amide bonds. The monoisotopic (exact) mass is 385 g/mol. The van der Waals surface area contributed by atoms with E-state index in [1.165, 1.54) is 22.9 Å². The van der Waals surface area contributed by atoms with Crippen molar-refractivity contribution in [3.8, 4) is 5.75 Å². The van der Waals surface area contributed by atoms with Crippen LogP contribution in [-0.4, -0.2) is 28.7 Å². The second kappa shape index (κ2) is 8.71. The lowest BCUT2D eigenvalue weighted by Crippen LogP contribution is -2.30. The third kappa shape index (κ3) is 4.70. The Kier molecular flexibility index (Phi) is 5.68. The highest BCUT2D eigenvalue weighted by atomic mass is 16.3. The zero-order chi connectivity index (χ0) is 20.1. The summed E-state index contributed by atoms with van der Waals surface area (Å²) >= 11 is 0. The number of hydrazone groups is 1. The van der Waals surface area contributed by atoms with Crippen molar-refractivity contribution in [1.82, 2.24) is 10.3 Å². The predicted octanol–water partition coefficient (Wildman–Crippen LogP) is 3.71. The zero-order valence-corrected chi connectivity index (χ0v) is 16.1. The first-order chi connectivity index (χ1) is 14.2. The van der Waals surface area contributed by atoms with Crippen LogP contribution in [-0.2, 0) is 19.5 Å². The molecule has 146 valence electrons. The SMILES string of the molecule is O=C(N/N=C/c1ccccc1O)c1ccc(CN2CCc3ccccc3C2)cc1. The van der Waals surface area contributed by atoms with Gasteiger partial charge in [-0.25, -0.2) is 5.43 Å². The number of benzene rings is 3. The summed E-state index contributed by atoms with van der Waals surface area (Å²) in [5, 5.41) is 13.6. The molecule has 1 aliphatic heterocycles. The molecule has 0 bridgehead atoms. The lowest BCUT2D eigenvalue weighted by molar-refractivity contribution is 0.0955. The number of hydrogen-bond donors (Lipinski definition) is 2. The highest BCUT2D eigenvalue weighted by Crippen LogP contribution is 2.20. The Balaban J connectivity index is 1.33. The predicted molar refractivity (Wildman–Crippen MR) is 114 cm³/mol. The molecule has 3 aromatic carbocycles. The second-order valence-corrected chi connectivity index (χ2v) is 7.18. The number of aromatic hydroxyl groups is 1. The average Bonchev–Trinajstić information content (AvgIpc) is 2.75. The maximum atomic E-state index is 12.3. The van der Waals surface area contributed by atoms with Crippen molar-refractivity contribution >= 4 is 12.1 Å². The molecule has 0 radical (unpaired) electrons. The fourth-order valence-corrected chi connectivity index (χ4v) is 3.53. The van der Waals surface area contributed by atoms with Crippen LogP contribution in [0.1, 0.15) is 32.6 Å². The van der Waals surface area contributed by atoms with Crippen LogP contribution in [0.3, 0.4) is 0 Å². The number of para-hydroxylation sites is 1. The van der Waals surface area contributed by atoms with Gasteiger partial charge in [0.2, 0.25) is 0 Å². The highest BCUT2D eigenvalue weighted by Gasteiger charge is 2.15. The lowest BCUT2D eigenvalue weighted by Gasteiger charge is -2.28. The van der Waals surface area contributed by atoms with Crippen LogP contribution in [0.15, 0.2) is 77.9 Å². The fraction of sp³-hybridized carbons (Fsp3) is 0.167. The summed E-state index contributed by atoms with van der Waals surface area (Å²) in [6.07, 6.45) is 2.50. The molecule has 0 unspecified atom stereocenters. The van der Waals surface area contributed by atoms with Crippen LogP contribution < -0.4 is 5.43 Å². The van der Waals surface area contributed by atoms with E-state index in [2.05, 4.69) is 39.7 Å². The summed E-state index contributed by atoms with van der Waals surface area (Å²) in [5.41, 5.74) is 7.62. The smallest absolute Gasteiger partial charge is 0.271 e. The summed E-state index contributed by atoms with van der Waals surface area (Å²) in [6.45, 7) is 2.86. The van der Waals surface area contributed by atoms with Crippen molar-refractivity contribution < 1.29 is 9.90 Å².